The summed E-state index contributed by atoms with van der Waals surface area (Å²) in [6.45, 7) is 8.01. The molecule has 0 saturated carbocycles. The number of amides is 1. The molecule has 0 atom stereocenters. The van der Waals surface area contributed by atoms with Gasteiger partial charge in [0.25, 0.3) is 0 Å². The highest BCUT2D eigenvalue weighted by atomic mass is 16.5. The minimum Gasteiger partial charge on any atom is -0.492 e. The van der Waals surface area contributed by atoms with Crippen molar-refractivity contribution in [2.45, 2.75) is 26.4 Å². The van der Waals surface area contributed by atoms with Gasteiger partial charge in [-0.3, -0.25) is 14.7 Å². The zero-order valence-corrected chi connectivity index (χ0v) is 16.5. The van der Waals surface area contributed by atoms with E-state index in [0.29, 0.717) is 26.1 Å². The maximum Gasteiger partial charge on any atom is 0.222 e. The maximum atomic E-state index is 12.4. The molecule has 150 valence electrons. The summed E-state index contributed by atoms with van der Waals surface area (Å²) in [7, 11) is 0. The first kappa shape index (κ1) is 20.3. The molecule has 2 heterocycles. The summed E-state index contributed by atoms with van der Waals surface area (Å²) in [5, 5.41) is 0. The van der Waals surface area contributed by atoms with Crippen LogP contribution in [0.5, 0.6) is 5.75 Å². The average Bonchev–Trinajstić information content (AvgIpc) is 2.74. The van der Waals surface area contributed by atoms with Gasteiger partial charge in [-0.25, -0.2) is 0 Å². The number of benzene rings is 1. The second-order valence-electron chi connectivity index (χ2n) is 6.87. The minimum atomic E-state index is 0.115. The Hall–Kier alpha value is -2.44. The van der Waals surface area contributed by atoms with E-state index in [1.54, 1.807) is 6.20 Å². The van der Waals surface area contributed by atoms with Gasteiger partial charge in [0.15, 0.2) is 0 Å². The Kier molecular flexibility index (Phi) is 7.82. The van der Waals surface area contributed by atoms with Crippen molar-refractivity contribution in [2.75, 3.05) is 39.5 Å². The molecule has 1 aliphatic rings. The van der Waals surface area contributed by atoms with Gasteiger partial charge in [0.1, 0.15) is 12.4 Å². The number of pyridine rings is 1. The zero-order valence-electron chi connectivity index (χ0n) is 16.5. The molecule has 0 spiro atoms. The van der Waals surface area contributed by atoms with Gasteiger partial charge < -0.3 is 14.4 Å². The topological polar surface area (TPSA) is 54.9 Å². The lowest BCUT2D eigenvalue weighted by molar-refractivity contribution is -0.132. The van der Waals surface area contributed by atoms with Crippen molar-refractivity contribution in [3.8, 4) is 5.75 Å². The van der Waals surface area contributed by atoms with Crippen molar-refractivity contribution in [3.05, 3.63) is 59.9 Å². The van der Waals surface area contributed by atoms with Crippen LogP contribution in [0.25, 0.3) is 0 Å². The molecule has 1 saturated heterocycles. The molecule has 0 radical (unpaired) electrons. The Labute approximate surface area is 167 Å². The van der Waals surface area contributed by atoms with Crippen molar-refractivity contribution < 1.29 is 14.3 Å². The first-order valence-corrected chi connectivity index (χ1v) is 9.94. The van der Waals surface area contributed by atoms with Crippen LogP contribution >= 0.6 is 0 Å². The van der Waals surface area contributed by atoms with Crippen molar-refractivity contribution in [3.63, 3.8) is 0 Å². The third-order valence-corrected chi connectivity index (χ3v) is 4.79. The van der Waals surface area contributed by atoms with Crippen LogP contribution in [0.4, 0.5) is 0 Å². The Morgan fingerprint density at radius 1 is 1.18 bits per heavy atom. The van der Waals surface area contributed by atoms with E-state index in [1.165, 1.54) is 0 Å². The lowest BCUT2D eigenvalue weighted by Crippen LogP contribution is -2.38. The third kappa shape index (κ3) is 6.32. The fourth-order valence-electron chi connectivity index (χ4n) is 3.21. The first-order chi connectivity index (χ1) is 13.7. The number of morpholine rings is 1. The summed E-state index contributed by atoms with van der Waals surface area (Å²) in [5.74, 6) is 0.955. The molecule has 28 heavy (non-hydrogen) atoms. The van der Waals surface area contributed by atoms with Crippen LogP contribution in [0.1, 0.15) is 24.6 Å². The Morgan fingerprint density at radius 3 is 2.79 bits per heavy atom. The van der Waals surface area contributed by atoms with E-state index in [1.807, 2.05) is 54.3 Å². The first-order valence-electron chi connectivity index (χ1n) is 9.94. The molecular weight excluding hydrogens is 354 g/mol. The number of carbonyl (C=O) groups is 1. The number of hydrogen-bond donors (Lipinski definition) is 0. The fraction of sp³-hybridized carbons (Fsp3) is 0.455. The molecule has 6 heteroatoms. The number of rotatable bonds is 9. The highest BCUT2D eigenvalue weighted by molar-refractivity contribution is 5.75. The predicted octanol–water partition coefficient (Wildman–Crippen LogP) is 2.73. The molecular formula is C22H29N3O3. The molecule has 2 aromatic rings. The second kappa shape index (κ2) is 10.8. The SMILES string of the molecule is CCC(=O)N(Cc1cccc(OCCN2CCOCC2)c1)Cc1ccccn1. The van der Waals surface area contributed by atoms with Crippen molar-refractivity contribution >= 4 is 5.91 Å². The summed E-state index contributed by atoms with van der Waals surface area (Å²) in [6.07, 6.45) is 2.23. The molecule has 1 aromatic heterocycles. The lowest BCUT2D eigenvalue weighted by Gasteiger charge is -2.26. The molecule has 0 aliphatic carbocycles. The van der Waals surface area contributed by atoms with Gasteiger partial charge in [0.2, 0.25) is 5.91 Å². The summed E-state index contributed by atoms with van der Waals surface area (Å²) < 4.78 is 11.3. The van der Waals surface area contributed by atoms with Gasteiger partial charge in [0.05, 0.1) is 25.5 Å². The highest BCUT2D eigenvalue weighted by Gasteiger charge is 2.14. The number of ether oxygens (including phenoxy) is 2. The van der Waals surface area contributed by atoms with E-state index in [0.717, 1.165) is 49.9 Å². The van der Waals surface area contributed by atoms with Crippen LogP contribution in [0.2, 0.25) is 0 Å². The monoisotopic (exact) mass is 383 g/mol. The van der Waals surface area contributed by atoms with Crippen LogP contribution < -0.4 is 4.74 Å². The van der Waals surface area contributed by atoms with Crippen LogP contribution in [0, 0.1) is 0 Å². The molecule has 1 aliphatic heterocycles. The summed E-state index contributed by atoms with van der Waals surface area (Å²) >= 11 is 0. The Morgan fingerprint density at radius 2 is 2.04 bits per heavy atom. The van der Waals surface area contributed by atoms with Crippen LogP contribution in [-0.4, -0.2) is 60.1 Å². The number of carbonyl (C=O) groups excluding carboxylic acids is 1. The van der Waals surface area contributed by atoms with E-state index in [4.69, 9.17) is 9.47 Å². The van der Waals surface area contributed by atoms with Gasteiger partial charge in [-0.2, -0.15) is 0 Å². The van der Waals surface area contributed by atoms with E-state index in [-0.39, 0.29) is 5.91 Å². The van der Waals surface area contributed by atoms with Gasteiger partial charge in [-0.1, -0.05) is 25.1 Å². The second-order valence-corrected chi connectivity index (χ2v) is 6.87. The normalized spacial score (nSPS) is 14.6. The van der Waals surface area contributed by atoms with E-state index >= 15 is 0 Å². The Bertz CT molecular complexity index is 733. The number of hydrogen-bond acceptors (Lipinski definition) is 5. The standard InChI is InChI=1S/C22H29N3O3/c1-2-22(26)25(18-20-7-3-4-9-23-20)17-19-6-5-8-21(16-19)28-15-12-24-10-13-27-14-11-24/h3-9,16H,2,10-15,17-18H2,1H3. The summed E-state index contributed by atoms with van der Waals surface area (Å²) in [5.41, 5.74) is 1.95. The third-order valence-electron chi connectivity index (χ3n) is 4.79. The number of nitrogens with zero attached hydrogens (tertiary/aromatic N) is 3. The Balaban J connectivity index is 1.56. The van der Waals surface area contributed by atoms with E-state index < -0.39 is 0 Å². The van der Waals surface area contributed by atoms with Crippen LogP contribution in [-0.2, 0) is 22.6 Å². The van der Waals surface area contributed by atoms with Crippen molar-refractivity contribution in [1.29, 1.82) is 0 Å². The fourth-order valence-corrected chi connectivity index (χ4v) is 3.21. The van der Waals surface area contributed by atoms with Gasteiger partial charge in [-0.15, -0.1) is 0 Å². The molecule has 0 N–H and O–H groups in total. The summed E-state index contributed by atoms with van der Waals surface area (Å²) in [4.78, 5) is 20.9. The molecule has 1 amide bonds. The minimum absolute atomic E-state index is 0.115. The molecule has 1 aromatic carbocycles. The molecule has 0 bridgehead atoms. The quantitative estimate of drug-likeness (QED) is 0.666. The molecule has 6 nitrogen and oxygen atoms in total. The van der Waals surface area contributed by atoms with E-state index in [2.05, 4.69) is 9.88 Å². The molecule has 0 unspecified atom stereocenters. The van der Waals surface area contributed by atoms with Gasteiger partial charge in [-0.05, 0) is 29.8 Å². The van der Waals surface area contributed by atoms with Crippen LogP contribution in [0.15, 0.2) is 48.7 Å². The molecule has 1 fully saturated rings. The maximum absolute atomic E-state index is 12.4. The van der Waals surface area contributed by atoms with Gasteiger partial charge >= 0.3 is 0 Å². The van der Waals surface area contributed by atoms with E-state index in [9.17, 15) is 4.79 Å². The van der Waals surface area contributed by atoms with Crippen molar-refractivity contribution in [1.82, 2.24) is 14.8 Å². The highest BCUT2D eigenvalue weighted by Crippen LogP contribution is 2.17. The lowest BCUT2D eigenvalue weighted by atomic mass is 10.2. The van der Waals surface area contributed by atoms with Crippen molar-refractivity contribution in [2.24, 2.45) is 0 Å². The number of aromatic nitrogens is 1. The van der Waals surface area contributed by atoms with Crippen LogP contribution in [0.3, 0.4) is 0 Å². The largest absolute Gasteiger partial charge is 0.492 e. The van der Waals surface area contributed by atoms with Gasteiger partial charge in [0, 0.05) is 38.8 Å². The smallest absolute Gasteiger partial charge is 0.222 e. The summed E-state index contributed by atoms with van der Waals surface area (Å²) in [6, 6.07) is 13.8. The zero-order chi connectivity index (χ0) is 19.6. The average molecular weight is 383 g/mol. The molecule has 3 rings (SSSR count). The predicted molar refractivity (Wildman–Crippen MR) is 108 cm³/mol.